The number of nitrogens with one attached hydrogen (secondary N) is 1. The predicted molar refractivity (Wildman–Crippen MR) is 49.0 cm³/mol. The first-order valence-electron chi connectivity index (χ1n) is 4.54. The van der Waals surface area contributed by atoms with E-state index in [0.29, 0.717) is 6.04 Å². The molecule has 0 atom stereocenters. The molecule has 1 saturated carbocycles. The quantitative estimate of drug-likeness (QED) is 0.719. The van der Waals surface area contributed by atoms with Gasteiger partial charge in [0.15, 0.2) is 0 Å². The van der Waals surface area contributed by atoms with Crippen molar-refractivity contribution in [3.63, 3.8) is 0 Å². The van der Waals surface area contributed by atoms with E-state index >= 15 is 0 Å². The average molecular weight is 161 g/mol. The van der Waals surface area contributed by atoms with Gasteiger partial charge in [-0.25, -0.2) is 0 Å². The highest BCUT2D eigenvalue weighted by Crippen LogP contribution is 2.21. The van der Waals surface area contributed by atoms with E-state index in [9.17, 15) is 0 Å². The molecule has 0 aromatic carbocycles. The molecule has 0 saturated heterocycles. The van der Waals surface area contributed by atoms with Crippen LogP contribution < -0.4 is 5.32 Å². The van der Waals surface area contributed by atoms with Gasteiger partial charge in [-0.15, -0.1) is 0 Å². The molecular weight excluding hydrogens is 148 g/mol. The molecule has 1 aliphatic carbocycles. The van der Waals surface area contributed by atoms with Crippen LogP contribution in [0.1, 0.15) is 25.7 Å². The fourth-order valence-corrected chi connectivity index (χ4v) is 1.71. The van der Waals surface area contributed by atoms with Gasteiger partial charge in [0.05, 0.1) is 18.1 Å². The van der Waals surface area contributed by atoms with Crippen molar-refractivity contribution in [2.45, 2.75) is 31.7 Å². The van der Waals surface area contributed by atoms with E-state index in [1.54, 1.807) is 0 Å². The van der Waals surface area contributed by atoms with Crippen molar-refractivity contribution in [1.82, 2.24) is 4.98 Å². The van der Waals surface area contributed by atoms with Crippen LogP contribution in [0.15, 0.2) is 18.3 Å². The van der Waals surface area contributed by atoms with Crippen LogP contribution in [-0.2, 0) is 0 Å². The molecule has 1 aliphatic rings. The molecule has 1 aromatic heterocycles. The molecule has 1 radical (unpaired) electrons. The van der Waals surface area contributed by atoms with Crippen molar-refractivity contribution in [3.05, 3.63) is 24.5 Å². The van der Waals surface area contributed by atoms with Crippen molar-refractivity contribution in [2.24, 2.45) is 0 Å². The number of hydrogen-bond donors (Lipinski definition) is 1. The van der Waals surface area contributed by atoms with Crippen molar-refractivity contribution in [1.29, 1.82) is 0 Å². The van der Waals surface area contributed by atoms with Crippen molar-refractivity contribution in [2.75, 3.05) is 5.32 Å². The Morgan fingerprint density at radius 1 is 1.42 bits per heavy atom. The summed E-state index contributed by atoms with van der Waals surface area (Å²) in [5.41, 5.74) is 1.13. The fourth-order valence-electron chi connectivity index (χ4n) is 1.71. The summed E-state index contributed by atoms with van der Waals surface area (Å²) in [5.74, 6) is 0. The highest BCUT2D eigenvalue weighted by atomic mass is 14.9. The fraction of sp³-hybridized carbons (Fsp3) is 0.500. The lowest BCUT2D eigenvalue weighted by atomic mass is 10.2. The molecule has 0 bridgehead atoms. The Morgan fingerprint density at radius 3 is 2.92 bits per heavy atom. The second-order valence-corrected chi connectivity index (χ2v) is 3.30. The molecular formula is C10H13N2. The Kier molecular flexibility index (Phi) is 2.26. The molecule has 1 N–H and O–H groups in total. The molecule has 1 fully saturated rings. The Balaban J connectivity index is 1.94. The predicted octanol–water partition coefficient (Wildman–Crippen LogP) is 2.24. The summed E-state index contributed by atoms with van der Waals surface area (Å²) in [4.78, 5) is 3.94. The van der Waals surface area contributed by atoms with Crippen LogP contribution in [0.3, 0.4) is 0 Å². The van der Waals surface area contributed by atoms with Gasteiger partial charge in [0.1, 0.15) is 0 Å². The Morgan fingerprint density at radius 2 is 2.25 bits per heavy atom. The number of anilines is 1. The van der Waals surface area contributed by atoms with Gasteiger partial charge in [0.25, 0.3) is 0 Å². The summed E-state index contributed by atoms with van der Waals surface area (Å²) in [6.45, 7) is 0. The third-order valence-electron chi connectivity index (χ3n) is 2.34. The third-order valence-corrected chi connectivity index (χ3v) is 2.34. The normalized spacial score (nSPS) is 18.0. The Hall–Kier alpha value is -1.05. The van der Waals surface area contributed by atoms with Crippen LogP contribution >= 0.6 is 0 Å². The van der Waals surface area contributed by atoms with E-state index in [2.05, 4.69) is 16.5 Å². The van der Waals surface area contributed by atoms with Gasteiger partial charge in [-0.1, -0.05) is 12.8 Å². The van der Waals surface area contributed by atoms with Crippen LogP contribution in [0.2, 0.25) is 0 Å². The highest BCUT2D eigenvalue weighted by molar-refractivity contribution is 5.40. The summed E-state index contributed by atoms with van der Waals surface area (Å²) >= 11 is 0. The van der Waals surface area contributed by atoms with Crippen LogP contribution in [-0.4, -0.2) is 11.0 Å². The van der Waals surface area contributed by atoms with Crippen LogP contribution in [0.5, 0.6) is 0 Å². The summed E-state index contributed by atoms with van der Waals surface area (Å²) in [5, 5.41) is 3.46. The largest absolute Gasteiger partial charge is 0.381 e. The number of nitrogens with zero attached hydrogens (tertiary/aromatic N) is 1. The monoisotopic (exact) mass is 161 g/mol. The number of hydrogen-bond acceptors (Lipinski definition) is 2. The number of aromatic nitrogens is 1. The molecule has 12 heavy (non-hydrogen) atoms. The molecule has 63 valence electrons. The third kappa shape index (κ3) is 1.76. The minimum Gasteiger partial charge on any atom is -0.381 e. The SMILES string of the molecule is [c]1ccc(NC2CCCC2)cn1. The Bertz CT molecular complexity index is 227. The molecule has 1 aromatic rings. The minimum absolute atomic E-state index is 0.675. The van der Waals surface area contributed by atoms with E-state index in [1.165, 1.54) is 25.7 Å². The lowest BCUT2D eigenvalue weighted by molar-refractivity contribution is 0.755. The van der Waals surface area contributed by atoms with Gasteiger partial charge in [0.2, 0.25) is 0 Å². The smallest absolute Gasteiger partial charge is 0.0887 e. The van der Waals surface area contributed by atoms with Gasteiger partial charge in [0, 0.05) is 6.04 Å². The number of rotatable bonds is 2. The summed E-state index contributed by atoms with van der Waals surface area (Å²) in [6.07, 6.45) is 9.94. The van der Waals surface area contributed by atoms with Gasteiger partial charge in [-0.3, -0.25) is 4.98 Å². The molecule has 2 nitrogen and oxygen atoms in total. The first kappa shape index (κ1) is 7.59. The minimum atomic E-state index is 0.675. The standard InChI is InChI=1S/C10H13N2/c1-2-5-9(4-1)12-10-6-3-7-11-8-10/h3,6,8-9,12H,1-2,4-5H2. The lowest BCUT2D eigenvalue weighted by Gasteiger charge is -2.11. The maximum absolute atomic E-state index is 3.94. The average Bonchev–Trinajstić information content (AvgIpc) is 2.59. The van der Waals surface area contributed by atoms with Gasteiger partial charge in [-0.2, -0.15) is 0 Å². The molecule has 0 spiro atoms. The first-order chi connectivity index (χ1) is 5.95. The molecule has 2 heteroatoms. The molecule has 0 aliphatic heterocycles. The maximum Gasteiger partial charge on any atom is 0.0887 e. The van der Waals surface area contributed by atoms with Crippen molar-refractivity contribution < 1.29 is 0 Å². The molecule has 0 amide bonds. The zero-order valence-corrected chi connectivity index (χ0v) is 7.09. The zero-order chi connectivity index (χ0) is 8.23. The molecule has 0 unspecified atom stereocenters. The summed E-state index contributed by atoms with van der Waals surface area (Å²) in [6, 6.07) is 4.54. The summed E-state index contributed by atoms with van der Waals surface area (Å²) < 4.78 is 0. The van der Waals surface area contributed by atoms with Gasteiger partial charge < -0.3 is 5.32 Å². The highest BCUT2D eigenvalue weighted by Gasteiger charge is 2.13. The van der Waals surface area contributed by atoms with Crippen molar-refractivity contribution >= 4 is 5.69 Å². The van der Waals surface area contributed by atoms with Gasteiger partial charge >= 0.3 is 0 Å². The first-order valence-corrected chi connectivity index (χ1v) is 4.54. The van der Waals surface area contributed by atoms with E-state index in [1.807, 2.05) is 18.3 Å². The Labute approximate surface area is 73.0 Å². The van der Waals surface area contributed by atoms with Crippen LogP contribution in [0.25, 0.3) is 0 Å². The summed E-state index contributed by atoms with van der Waals surface area (Å²) in [7, 11) is 0. The van der Waals surface area contributed by atoms with E-state index in [4.69, 9.17) is 0 Å². The van der Waals surface area contributed by atoms with E-state index in [0.717, 1.165) is 5.69 Å². The second-order valence-electron chi connectivity index (χ2n) is 3.30. The number of pyridine rings is 1. The van der Waals surface area contributed by atoms with Crippen molar-refractivity contribution in [3.8, 4) is 0 Å². The lowest BCUT2D eigenvalue weighted by Crippen LogP contribution is -2.14. The topological polar surface area (TPSA) is 24.9 Å². The molecule has 1 heterocycles. The van der Waals surface area contributed by atoms with Crippen LogP contribution in [0, 0.1) is 6.20 Å². The second kappa shape index (κ2) is 3.57. The van der Waals surface area contributed by atoms with E-state index < -0.39 is 0 Å². The van der Waals surface area contributed by atoms with E-state index in [-0.39, 0.29) is 0 Å². The van der Waals surface area contributed by atoms with Gasteiger partial charge in [-0.05, 0) is 25.0 Å². The zero-order valence-electron chi connectivity index (χ0n) is 7.09. The van der Waals surface area contributed by atoms with Crippen LogP contribution in [0.4, 0.5) is 5.69 Å². The maximum atomic E-state index is 3.94. The molecule has 2 rings (SSSR count).